The van der Waals surface area contributed by atoms with Crippen LogP contribution < -0.4 is 0 Å². The monoisotopic (exact) mass is 346 g/mol. The molecule has 0 aromatic heterocycles. The Morgan fingerprint density at radius 1 is 1.13 bits per heavy atom. The lowest BCUT2D eigenvalue weighted by Gasteiger charge is -2.50. The van der Waals surface area contributed by atoms with Gasteiger partial charge in [0, 0.05) is 38.4 Å². The van der Waals surface area contributed by atoms with E-state index in [1.807, 2.05) is 7.05 Å². The van der Waals surface area contributed by atoms with Crippen molar-refractivity contribution >= 4 is 10.0 Å². The van der Waals surface area contributed by atoms with Crippen LogP contribution in [0.25, 0.3) is 0 Å². The lowest BCUT2D eigenvalue weighted by molar-refractivity contribution is -0.0446. The summed E-state index contributed by atoms with van der Waals surface area (Å²) < 4.78 is 60.0. The van der Waals surface area contributed by atoms with Crippen LogP contribution in [-0.4, -0.2) is 63.1 Å². The number of hydrogen-bond acceptors (Lipinski definition) is 4. The van der Waals surface area contributed by atoms with Gasteiger partial charge in [0.1, 0.15) is 11.6 Å². The third-order valence-electron chi connectivity index (χ3n) is 4.91. The van der Waals surface area contributed by atoms with Gasteiger partial charge < -0.3 is 4.74 Å². The van der Waals surface area contributed by atoms with E-state index in [9.17, 15) is 17.2 Å². The van der Waals surface area contributed by atoms with Gasteiger partial charge in [-0.2, -0.15) is 4.31 Å². The molecule has 0 saturated carbocycles. The smallest absolute Gasteiger partial charge is 0.249 e. The number of piperazine rings is 1. The van der Waals surface area contributed by atoms with Crippen molar-refractivity contribution in [1.29, 1.82) is 0 Å². The van der Waals surface area contributed by atoms with Crippen LogP contribution >= 0.6 is 0 Å². The number of ether oxygens (including phenoxy) is 1. The fourth-order valence-electron chi connectivity index (χ4n) is 3.38. The van der Waals surface area contributed by atoms with Gasteiger partial charge in [-0.3, -0.25) is 4.90 Å². The standard InChI is InChI=1S/C15H20F2N2O3S/c1-18-7-8-19(11-15(18)5-9-22-10-6-15)23(20,21)14-12(16)3-2-4-13(14)17/h2-4H,5-11H2,1H3. The summed E-state index contributed by atoms with van der Waals surface area (Å²) in [5, 5.41) is 0. The quantitative estimate of drug-likeness (QED) is 0.813. The summed E-state index contributed by atoms with van der Waals surface area (Å²) in [5.41, 5.74) is -0.328. The maximum Gasteiger partial charge on any atom is 0.249 e. The Hall–Kier alpha value is -1.09. The van der Waals surface area contributed by atoms with E-state index in [0.29, 0.717) is 32.6 Å². The summed E-state index contributed by atoms with van der Waals surface area (Å²) in [6.07, 6.45) is 1.41. The Kier molecular flexibility index (Phi) is 4.43. The summed E-state index contributed by atoms with van der Waals surface area (Å²) in [7, 11) is -2.25. The van der Waals surface area contributed by atoms with Crippen molar-refractivity contribution in [2.45, 2.75) is 23.3 Å². The van der Waals surface area contributed by atoms with Gasteiger partial charge >= 0.3 is 0 Å². The molecule has 1 aromatic rings. The lowest BCUT2D eigenvalue weighted by Crippen LogP contribution is -2.63. The third-order valence-corrected chi connectivity index (χ3v) is 6.80. The second kappa shape index (κ2) is 6.08. The summed E-state index contributed by atoms with van der Waals surface area (Å²) in [4.78, 5) is 1.28. The van der Waals surface area contributed by atoms with Crippen LogP contribution in [0.3, 0.4) is 0 Å². The van der Waals surface area contributed by atoms with Gasteiger partial charge in [0.15, 0.2) is 4.90 Å². The lowest BCUT2D eigenvalue weighted by atomic mass is 9.87. The van der Waals surface area contributed by atoms with Crippen molar-refractivity contribution in [2.75, 3.05) is 39.9 Å². The highest BCUT2D eigenvalue weighted by Gasteiger charge is 2.45. The number of hydrogen-bond donors (Lipinski definition) is 0. The van der Waals surface area contributed by atoms with E-state index < -0.39 is 26.6 Å². The first-order chi connectivity index (χ1) is 10.9. The van der Waals surface area contributed by atoms with Crippen LogP contribution in [0.1, 0.15) is 12.8 Å². The van der Waals surface area contributed by atoms with Crippen molar-refractivity contribution < 1.29 is 21.9 Å². The molecule has 0 bridgehead atoms. The zero-order chi connectivity index (χ0) is 16.7. The van der Waals surface area contributed by atoms with E-state index in [1.54, 1.807) is 0 Å². The van der Waals surface area contributed by atoms with Gasteiger partial charge in [-0.15, -0.1) is 0 Å². The van der Waals surface area contributed by atoms with Gasteiger partial charge in [0.2, 0.25) is 10.0 Å². The van der Waals surface area contributed by atoms with E-state index in [4.69, 9.17) is 4.74 Å². The van der Waals surface area contributed by atoms with Crippen LogP contribution in [0.15, 0.2) is 23.1 Å². The largest absolute Gasteiger partial charge is 0.381 e. The first-order valence-corrected chi connectivity index (χ1v) is 9.04. The summed E-state index contributed by atoms with van der Waals surface area (Å²) in [6.45, 7) is 2.09. The molecule has 2 heterocycles. The molecule has 23 heavy (non-hydrogen) atoms. The molecule has 0 N–H and O–H groups in total. The zero-order valence-electron chi connectivity index (χ0n) is 13.0. The molecule has 128 valence electrons. The molecule has 2 aliphatic heterocycles. The summed E-state index contributed by atoms with van der Waals surface area (Å²) in [6, 6.07) is 3.10. The predicted octanol–water partition coefficient (Wildman–Crippen LogP) is 1.45. The zero-order valence-corrected chi connectivity index (χ0v) is 13.8. The Bertz CT molecular complexity index is 670. The van der Waals surface area contributed by atoms with E-state index in [-0.39, 0.29) is 18.6 Å². The molecule has 0 aliphatic carbocycles. The molecule has 2 aliphatic rings. The fourth-order valence-corrected chi connectivity index (χ4v) is 5.00. The maximum absolute atomic E-state index is 13.9. The first kappa shape index (κ1) is 16.8. The normalized spacial score (nSPS) is 23.3. The molecule has 0 radical (unpaired) electrons. The van der Waals surface area contributed by atoms with Crippen molar-refractivity contribution in [1.82, 2.24) is 9.21 Å². The molecule has 0 amide bonds. The number of nitrogens with zero attached hydrogens (tertiary/aromatic N) is 2. The SMILES string of the molecule is CN1CCN(S(=O)(=O)c2c(F)cccc2F)CC12CCOCC2. The molecule has 3 rings (SSSR count). The molecule has 5 nitrogen and oxygen atoms in total. The van der Waals surface area contributed by atoms with Gasteiger partial charge in [-0.25, -0.2) is 17.2 Å². The minimum atomic E-state index is -4.21. The highest BCUT2D eigenvalue weighted by molar-refractivity contribution is 7.89. The minimum absolute atomic E-state index is 0.217. The fraction of sp³-hybridized carbons (Fsp3) is 0.600. The Balaban J connectivity index is 1.94. The molecule has 0 atom stereocenters. The van der Waals surface area contributed by atoms with Crippen LogP contribution in [-0.2, 0) is 14.8 Å². The number of benzene rings is 1. The molecule has 1 spiro atoms. The average Bonchev–Trinajstić information content (AvgIpc) is 2.50. The molecule has 8 heteroatoms. The van der Waals surface area contributed by atoms with Crippen LogP contribution in [0.5, 0.6) is 0 Å². The van der Waals surface area contributed by atoms with Crippen molar-refractivity contribution in [3.8, 4) is 0 Å². The Morgan fingerprint density at radius 2 is 1.74 bits per heavy atom. The third kappa shape index (κ3) is 2.88. The summed E-state index contributed by atoms with van der Waals surface area (Å²) >= 11 is 0. The van der Waals surface area contributed by atoms with Crippen LogP contribution in [0.2, 0.25) is 0 Å². The number of sulfonamides is 1. The van der Waals surface area contributed by atoms with E-state index in [0.717, 1.165) is 18.2 Å². The number of halogens is 2. The van der Waals surface area contributed by atoms with E-state index in [1.165, 1.54) is 4.31 Å². The predicted molar refractivity (Wildman–Crippen MR) is 80.5 cm³/mol. The molecule has 1 aromatic carbocycles. The van der Waals surface area contributed by atoms with E-state index in [2.05, 4.69) is 4.90 Å². The first-order valence-electron chi connectivity index (χ1n) is 7.60. The number of rotatable bonds is 2. The molecule has 0 unspecified atom stereocenters. The summed E-state index contributed by atoms with van der Waals surface area (Å²) in [5.74, 6) is -2.10. The second-order valence-electron chi connectivity index (χ2n) is 6.15. The van der Waals surface area contributed by atoms with Gasteiger partial charge in [-0.05, 0) is 32.0 Å². The van der Waals surface area contributed by atoms with Crippen molar-refractivity contribution in [3.05, 3.63) is 29.8 Å². The highest BCUT2D eigenvalue weighted by atomic mass is 32.2. The average molecular weight is 346 g/mol. The molecule has 2 saturated heterocycles. The van der Waals surface area contributed by atoms with Crippen molar-refractivity contribution in [3.63, 3.8) is 0 Å². The van der Waals surface area contributed by atoms with Crippen LogP contribution in [0.4, 0.5) is 8.78 Å². The molecular weight excluding hydrogens is 326 g/mol. The van der Waals surface area contributed by atoms with Crippen molar-refractivity contribution in [2.24, 2.45) is 0 Å². The Morgan fingerprint density at radius 3 is 2.35 bits per heavy atom. The van der Waals surface area contributed by atoms with Gasteiger partial charge in [0.25, 0.3) is 0 Å². The maximum atomic E-state index is 13.9. The molecular formula is C15H20F2N2O3S. The van der Waals surface area contributed by atoms with Crippen LogP contribution in [0, 0.1) is 11.6 Å². The van der Waals surface area contributed by atoms with Gasteiger partial charge in [0.05, 0.1) is 0 Å². The second-order valence-corrected chi connectivity index (χ2v) is 8.02. The Labute approximate surface area is 134 Å². The minimum Gasteiger partial charge on any atom is -0.381 e. The molecule has 2 fully saturated rings. The van der Waals surface area contributed by atoms with E-state index >= 15 is 0 Å². The topological polar surface area (TPSA) is 49.9 Å². The number of likely N-dealkylation sites (N-methyl/N-ethyl adjacent to an activating group) is 1. The van der Waals surface area contributed by atoms with Gasteiger partial charge in [-0.1, -0.05) is 6.07 Å². The highest BCUT2D eigenvalue weighted by Crippen LogP contribution is 2.33.